The molecule has 0 radical (unpaired) electrons. The van der Waals surface area contributed by atoms with E-state index in [2.05, 4.69) is 26.2 Å². The van der Waals surface area contributed by atoms with E-state index < -0.39 is 0 Å². The summed E-state index contributed by atoms with van der Waals surface area (Å²) < 4.78 is 0.951. The summed E-state index contributed by atoms with van der Waals surface area (Å²) in [6, 6.07) is 15.0. The second-order valence-electron chi connectivity index (χ2n) is 4.79. The van der Waals surface area contributed by atoms with E-state index >= 15 is 0 Å². The van der Waals surface area contributed by atoms with Gasteiger partial charge in [-0.1, -0.05) is 28.1 Å². The lowest BCUT2D eigenvalue weighted by Gasteiger charge is -2.06. The second-order valence-corrected chi connectivity index (χ2v) is 6.77. The van der Waals surface area contributed by atoms with Crippen LogP contribution < -0.4 is 5.32 Å². The molecular weight excluding hydrogens is 360 g/mol. The van der Waals surface area contributed by atoms with Gasteiger partial charge in [-0.15, -0.1) is 11.3 Å². The summed E-state index contributed by atoms with van der Waals surface area (Å²) in [5.41, 5.74) is 3.41. The maximum Gasteiger partial charge on any atom is 0.255 e. The zero-order valence-corrected chi connectivity index (χ0v) is 14.2. The minimum absolute atomic E-state index is 0.121. The lowest BCUT2D eigenvalue weighted by atomic mass is 10.1. The first-order valence-corrected chi connectivity index (χ1v) is 8.38. The third-order valence-electron chi connectivity index (χ3n) is 3.16. The molecule has 0 fully saturated rings. The van der Waals surface area contributed by atoms with E-state index in [1.165, 1.54) is 0 Å². The SMILES string of the molecule is Cc1nc(-c2ccc(NC(=O)c3ccc(Br)cc3)cc2)cs1. The first-order chi connectivity index (χ1) is 10.6. The van der Waals surface area contributed by atoms with Crippen molar-refractivity contribution in [3.8, 4) is 11.3 Å². The standard InChI is InChI=1S/C17H13BrN2OS/c1-11-19-16(10-22-11)12-4-8-15(9-5-12)20-17(21)13-2-6-14(18)7-3-13/h2-10H,1H3,(H,20,21). The van der Waals surface area contributed by atoms with Crippen molar-refractivity contribution in [2.75, 3.05) is 5.32 Å². The van der Waals surface area contributed by atoms with Crippen LogP contribution in [0.5, 0.6) is 0 Å². The van der Waals surface area contributed by atoms with Crippen LogP contribution in [0.25, 0.3) is 11.3 Å². The number of aromatic nitrogens is 1. The van der Waals surface area contributed by atoms with Gasteiger partial charge in [0, 0.05) is 26.7 Å². The number of amides is 1. The van der Waals surface area contributed by atoms with E-state index in [0.29, 0.717) is 5.56 Å². The topological polar surface area (TPSA) is 42.0 Å². The Kier molecular flexibility index (Phi) is 4.36. The molecule has 0 spiro atoms. The Morgan fingerprint density at radius 1 is 1.09 bits per heavy atom. The fraction of sp³-hybridized carbons (Fsp3) is 0.0588. The van der Waals surface area contributed by atoms with Gasteiger partial charge in [0.15, 0.2) is 0 Å². The van der Waals surface area contributed by atoms with Gasteiger partial charge in [-0.3, -0.25) is 4.79 Å². The molecule has 3 rings (SSSR count). The Bertz CT molecular complexity index is 794. The number of rotatable bonds is 3. The van der Waals surface area contributed by atoms with Crippen molar-refractivity contribution in [2.45, 2.75) is 6.92 Å². The summed E-state index contributed by atoms with van der Waals surface area (Å²) in [5.74, 6) is -0.121. The zero-order chi connectivity index (χ0) is 15.5. The van der Waals surface area contributed by atoms with E-state index in [0.717, 1.165) is 26.4 Å². The van der Waals surface area contributed by atoms with Crippen LogP contribution >= 0.6 is 27.3 Å². The number of benzene rings is 2. The van der Waals surface area contributed by atoms with Crippen LogP contribution in [0.2, 0.25) is 0 Å². The van der Waals surface area contributed by atoms with Crippen LogP contribution in [0.3, 0.4) is 0 Å². The van der Waals surface area contributed by atoms with Gasteiger partial charge in [0.1, 0.15) is 0 Å². The number of hydrogen-bond acceptors (Lipinski definition) is 3. The lowest BCUT2D eigenvalue weighted by Crippen LogP contribution is -2.11. The second kappa shape index (κ2) is 6.42. The minimum atomic E-state index is -0.121. The van der Waals surface area contributed by atoms with Crippen molar-refractivity contribution in [1.82, 2.24) is 4.98 Å². The van der Waals surface area contributed by atoms with Gasteiger partial charge in [-0.2, -0.15) is 0 Å². The van der Waals surface area contributed by atoms with Gasteiger partial charge in [-0.25, -0.2) is 4.98 Å². The fourth-order valence-electron chi connectivity index (χ4n) is 2.02. The molecule has 3 nitrogen and oxygen atoms in total. The van der Waals surface area contributed by atoms with Gasteiger partial charge in [-0.05, 0) is 43.3 Å². The van der Waals surface area contributed by atoms with Gasteiger partial charge in [0.2, 0.25) is 0 Å². The minimum Gasteiger partial charge on any atom is -0.322 e. The monoisotopic (exact) mass is 372 g/mol. The summed E-state index contributed by atoms with van der Waals surface area (Å²) in [6.07, 6.45) is 0. The fourth-order valence-corrected chi connectivity index (χ4v) is 2.91. The quantitative estimate of drug-likeness (QED) is 0.691. The summed E-state index contributed by atoms with van der Waals surface area (Å²) in [4.78, 5) is 16.6. The van der Waals surface area contributed by atoms with Crippen LogP contribution in [0.4, 0.5) is 5.69 Å². The number of anilines is 1. The molecule has 0 atom stereocenters. The van der Waals surface area contributed by atoms with Crippen molar-refractivity contribution < 1.29 is 4.79 Å². The van der Waals surface area contributed by atoms with Crippen molar-refractivity contribution in [3.63, 3.8) is 0 Å². The lowest BCUT2D eigenvalue weighted by molar-refractivity contribution is 0.102. The van der Waals surface area contributed by atoms with E-state index in [-0.39, 0.29) is 5.91 Å². The van der Waals surface area contributed by atoms with Crippen LogP contribution in [0, 0.1) is 6.92 Å². The zero-order valence-electron chi connectivity index (χ0n) is 11.8. The average molecular weight is 373 g/mol. The third-order valence-corrected chi connectivity index (χ3v) is 4.47. The molecule has 0 aliphatic heterocycles. The number of carbonyl (C=O) groups excluding carboxylic acids is 1. The van der Waals surface area contributed by atoms with E-state index in [1.807, 2.05) is 48.7 Å². The summed E-state index contributed by atoms with van der Waals surface area (Å²) >= 11 is 4.98. The van der Waals surface area contributed by atoms with Crippen LogP contribution in [-0.2, 0) is 0 Å². The number of hydrogen-bond donors (Lipinski definition) is 1. The first kappa shape index (κ1) is 14.9. The van der Waals surface area contributed by atoms with Crippen LogP contribution in [0.1, 0.15) is 15.4 Å². The molecule has 0 aliphatic rings. The first-order valence-electron chi connectivity index (χ1n) is 6.71. The van der Waals surface area contributed by atoms with Gasteiger partial charge in [0.05, 0.1) is 10.7 Å². The maximum atomic E-state index is 12.1. The van der Waals surface area contributed by atoms with Crippen LogP contribution in [0.15, 0.2) is 58.4 Å². The molecule has 110 valence electrons. The molecule has 5 heteroatoms. The molecular formula is C17H13BrN2OS. The Hall–Kier alpha value is -1.98. The summed E-state index contributed by atoms with van der Waals surface area (Å²) in [5, 5.41) is 5.97. The predicted molar refractivity (Wildman–Crippen MR) is 94.4 cm³/mol. The van der Waals surface area contributed by atoms with Crippen molar-refractivity contribution in [1.29, 1.82) is 0 Å². The Morgan fingerprint density at radius 2 is 1.77 bits per heavy atom. The number of aryl methyl sites for hydroxylation is 1. The largest absolute Gasteiger partial charge is 0.322 e. The van der Waals surface area contributed by atoms with Crippen molar-refractivity contribution >= 4 is 38.9 Å². The number of nitrogens with zero attached hydrogens (tertiary/aromatic N) is 1. The number of carbonyl (C=O) groups is 1. The van der Waals surface area contributed by atoms with E-state index in [9.17, 15) is 4.79 Å². The number of halogens is 1. The van der Waals surface area contributed by atoms with Gasteiger partial charge < -0.3 is 5.32 Å². The molecule has 1 heterocycles. The smallest absolute Gasteiger partial charge is 0.255 e. The molecule has 1 N–H and O–H groups in total. The Morgan fingerprint density at radius 3 is 2.36 bits per heavy atom. The van der Waals surface area contributed by atoms with Crippen molar-refractivity contribution in [2.24, 2.45) is 0 Å². The average Bonchev–Trinajstić information content (AvgIpc) is 2.95. The molecule has 0 saturated heterocycles. The highest BCUT2D eigenvalue weighted by atomic mass is 79.9. The highest BCUT2D eigenvalue weighted by molar-refractivity contribution is 9.10. The molecule has 0 bridgehead atoms. The van der Waals surface area contributed by atoms with E-state index in [1.54, 1.807) is 23.5 Å². The summed E-state index contributed by atoms with van der Waals surface area (Å²) in [6.45, 7) is 1.99. The summed E-state index contributed by atoms with van der Waals surface area (Å²) in [7, 11) is 0. The highest BCUT2D eigenvalue weighted by Crippen LogP contribution is 2.23. The molecule has 1 aromatic heterocycles. The number of nitrogens with one attached hydrogen (secondary N) is 1. The highest BCUT2D eigenvalue weighted by Gasteiger charge is 2.07. The van der Waals surface area contributed by atoms with Gasteiger partial charge >= 0.3 is 0 Å². The molecule has 0 saturated carbocycles. The predicted octanol–water partition coefficient (Wildman–Crippen LogP) is 5.13. The number of thiazole rings is 1. The molecule has 0 unspecified atom stereocenters. The Balaban J connectivity index is 1.73. The van der Waals surface area contributed by atoms with Crippen LogP contribution in [-0.4, -0.2) is 10.9 Å². The molecule has 2 aromatic carbocycles. The molecule has 22 heavy (non-hydrogen) atoms. The normalized spacial score (nSPS) is 10.5. The molecule has 0 aliphatic carbocycles. The molecule has 3 aromatic rings. The third kappa shape index (κ3) is 3.43. The van der Waals surface area contributed by atoms with Gasteiger partial charge in [0.25, 0.3) is 5.91 Å². The van der Waals surface area contributed by atoms with Crippen molar-refractivity contribution in [3.05, 3.63) is 69.0 Å². The van der Waals surface area contributed by atoms with E-state index in [4.69, 9.17) is 0 Å². The maximum absolute atomic E-state index is 12.1. The Labute approximate surface area is 141 Å². The molecule has 1 amide bonds.